The molecule has 0 saturated carbocycles. The Balaban J connectivity index is 3.12. The van der Waals surface area contributed by atoms with E-state index in [1.54, 1.807) is 0 Å². The van der Waals surface area contributed by atoms with Crippen LogP contribution in [0.4, 0.5) is 0 Å². The second-order valence-electron chi connectivity index (χ2n) is 1.49. The summed E-state index contributed by atoms with van der Waals surface area (Å²) < 4.78 is 0. The van der Waals surface area contributed by atoms with E-state index < -0.39 is 0 Å². The van der Waals surface area contributed by atoms with Gasteiger partial charge in [-0.05, 0) is 13.8 Å². The van der Waals surface area contributed by atoms with E-state index in [1.807, 2.05) is 13.8 Å². The van der Waals surface area contributed by atoms with Crippen molar-refractivity contribution < 1.29 is 0 Å². The van der Waals surface area contributed by atoms with Crippen LogP contribution < -0.4 is 0 Å². The summed E-state index contributed by atoms with van der Waals surface area (Å²) in [5.74, 6) is 0. The van der Waals surface area contributed by atoms with Gasteiger partial charge in [0, 0.05) is 0 Å². The summed E-state index contributed by atoms with van der Waals surface area (Å²) in [4.78, 5) is 0. The van der Waals surface area contributed by atoms with Crippen LogP contribution in [0.1, 0.15) is 11.4 Å². The second-order valence-corrected chi connectivity index (χ2v) is 1.49. The van der Waals surface area contributed by atoms with Crippen molar-refractivity contribution in [1.29, 1.82) is 0 Å². The molecule has 1 aromatic rings. The maximum absolute atomic E-state index is 3.78. The van der Waals surface area contributed by atoms with Crippen LogP contribution in [0, 0.1) is 13.8 Å². The van der Waals surface area contributed by atoms with Gasteiger partial charge in [0.15, 0.2) is 0 Å². The zero-order valence-electron chi connectivity index (χ0n) is 4.39. The van der Waals surface area contributed by atoms with Crippen LogP contribution in [0.2, 0.25) is 0 Å². The summed E-state index contributed by atoms with van der Waals surface area (Å²) in [6, 6.07) is 0. The van der Waals surface area contributed by atoms with E-state index >= 15 is 0 Å². The molecular weight excluding hydrogens is 90.1 g/mol. The summed E-state index contributed by atoms with van der Waals surface area (Å²) in [7, 11) is 0. The molecule has 38 valence electrons. The van der Waals surface area contributed by atoms with Crippen molar-refractivity contribution in [3.05, 3.63) is 11.4 Å². The molecule has 0 unspecified atom stereocenters. The highest BCUT2D eigenvalue weighted by atomic mass is 15.3. The van der Waals surface area contributed by atoms with Gasteiger partial charge in [-0.25, -0.2) is 0 Å². The first-order valence-corrected chi connectivity index (χ1v) is 2.14. The van der Waals surface area contributed by atoms with Gasteiger partial charge in [0.2, 0.25) is 0 Å². The number of hydrogen-bond acceptors (Lipinski definition) is 2. The Morgan fingerprint density at radius 3 is 1.71 bits per heavy atom. The molecule has 3 heteroatoms. The van der Waals surface area contributed by atoms with Crippen molar-refractivity contribution in [3.63, 3.8) is 0 Å². The molecule has 1 heterocycles. The second kappa shape index (κ2) is 1.33. The monoisotopic (exact) mass is 97.1 g/mol. The molecule has 0 aliphatic carbocycles. The molecule has 0 aliphatic rings. The van der Waals surface area contributed by atoms with E-state index in [-0.39, 0.29) is 0 Å². The maximum atomic E-state index is 3.78. The fourth-order valence-electron chi connectivity index (χ4n) is 0.337. The van der Waals surface area contributed by atoms with E-state index in [2.05, 4.69) is 15.4 Å². The molecule has 0 bridgehead atoms. The largest absolute Gasteiger partial charge is 0.197 e. The van der Waals surface area contributed by atoms with Crippen molar-refractivity contribution in [3.8, 4) is 0 Å². The average molecular weight is 97.1 g/mol. The number of aromatic amines is 1. The van der Waals surface area contributed by atoms with Crippen LogP contribution in [0.15, 0.2) is 0 Å². The standard InChI is InChI=1S/C4H7N3/c1-3-4(2)6-7-5-3/h1-2H3,(H,5,6,7). The van der Waals surface area contributed by atoms with Crippen molar-refractivity contribution in [1.82, 2.24) is 15.4 Å². The van der Waals surface area contributed by atoms with Gasteiger partial charge in [0.25, 0.3) is 0 Å². The topological polar surface area (TPSA) is 41.6 Å². The molecule has 0 aromatic carbocycles. The van der Waals surface area contributed by atoms with Crippen LogP contribution in [-0.2, 0) is 0 Å². The van der Waals surface area contributed by atoms with Crippen LogP contribution in [0.25, 0.3) is 0 Å². The molecule has 7 heavy (non-hydrogen) atoms. The maximum Gasteiger partial charge on any atom is 0.0822 e. The van der Waals surface area contributed by atoms with Gasteiger partial charge in [-0.15, -0.1) is 0 Å². The number of H-pyrrole nitrogens is 1. The van der Waals surface area contributed by atoms with Gasteiger partial charge < -0.3 is 0 Å². The Morgan fingerprint density at radius 1 is 1.14 bits per heavy atom. The predicted octanol–water partition coefficient (Wildman–Crippen LogP) is 0.422. The summed E-state index contributed by atoms with van der Waals surface area (Å²) in [5.41, 5.74) is 1.94. The number of nitrogens with one attached hydrogen (secondary N) is 1. The highest BCUT2D eigenvalue weighted by Crippen LogP contribution is 1.91. The van der Waals surface area contributed by atoms with Gasteiger partial charge in [0.1, 0.15) is 0 Å². The number of hydrogen-bond donors (Lipinski definition) is 1. The Kier molecular flexibility index (Phi) is 0.817. The lowest BCUT2D eigenvalue weighted by atomic mass is 10.4. The summed E-state index contributed by atoms with van der Waals surface area (Å²) in [6.07, 6.45) is 0. The summed E-state index contributed by atoms with van der Waals surface area (Å²) in [6.45, 7) is 3.83. The first-order chi connectivity index (χ1) is 3.30. The Morgan fingerprint density at radius 2 is 1.57 bits per heavy atom. The van der Waals surface area contributed by atoms with E-state index in [0.29, 0.717) is 0 Å². The van der Waals surface area contributed by atoms with Crippen molar-refractivity contribution >= 4 is 0 Å². The first kappa shape index (κ1) is 4.30. The molecule has 0 aliphatic heterocycles. The molecule has 0 saturated heterocycles. The normalized spacial score (nSPS) is 9.43. The molecule has 0 amide bonds. The predicted molar refractivity (Wildman–Crippen MR) is 25.9 cm³/mol. The first-order valence-electron chi connectivity index (χ1n) is 2.14. The fourth-order valence-corrected chi connectivity index (χ4v) is 0.337. The lowest BCUT2D eigenvalue weighted by Crippen LogP contribution is -1.71. The van der Waals surface area contributed by atoms with E-state index in [1.165, 1.54) is 0 Å². The Hall–Kier alpha value is -0.860. The van der Waals surface area contributed by atoms with Gasteiger partial charge in [-0.2, -0.15) is 15.4 Å². The third kappa shape index (κ3) is 0.607. The minimum atomic E-state index is 0.972. The van der Waals surface area contributed by atoms with Gasteiger partial charge in [0.05, 0.1) is 11.4 Å². The molecule has 1 aromatic heterocycles. The molecule has 0 atom stereocenters. The molecule has 0 fully saturated rings. The van der Waals surface area contributed by atoms with Gasteiger partial charge in [-0.1, -0.05) is 0 Å². The zero-order valence-corrected chi connectivity index (χ0v) is 4.39. The Labute approximate surface area is 41.7 Å². The van der Waals surface area contributed by atoms with E-state index in [4.69, 9.17) is 0 Å². The summed E-state index contributed by atoms with van der Waals surface area (Å²) >= 11 is 0. The van der Waals surface area contributed by atoms with Gasteiger partial charge in [-0.3, -0.25) is 0 Å². The van der Waals surface area contributed by atoms with Gasteiger partial charge >= 0.3 is 0 Å². The smallest absolute Gasteiger partial charge is 0.0822 e. The van der Waals surface area contributed by atoms with E-state index in [9.17, 15) is 0 Å². The van der Waals surface area contributed by atoms with Crippen molar-refractivity contribution in [2.45, 2.75) is 13.8 Å². The molecule has 0 spiro atoms. The quantitative estimate of drug-likeness (QED) is 0.509. The van der Waals surface area contributed by atoms with Crippen LogP contribution in [0.5, 0.6) is 0 Å². The average Bonchev–Trinajstić information content (AvgIpc) is 1.91. The molecule has 3 nitrogen and oxygen atoms in total. The Bertz CT molecular complexity index is 139. The SMILES string of the molecule is Cc1n[nH]nc1C. The van der Waals surface area contributed by atoms with Crippen LogP contribution in [-0.4, -0.2) is 15.4 Å². The van der Waals surface area contributed by atoms with E-state index in [0.717, 1.165) is 11.4 Å². The lowest BCUT2D eigenvalue weighted by molar-refractivity contribution is 0.921. The molecule has 1 N–H and O–H groups in total. The third-order valence-corrected chi connectivity index (χ3v) is 0.959. The minimum absolute atomic E-state index is 0.972. The fraction of sp³-hybridized carbons (Fsp3) is 0.500. The molecular formula is C4H7N3. The highest BCUT2D eigenvalue weighted by molar-refractivity contribution is 5.01. The number of aryl methyl sites for hydroxylation is 2. The molecule has 0 radical (unpaired) electrons. The molecule has 1 rings (SSSR count). The van der Waals surface area contributed by atoms with Crippen molar-refractivity contribution in [2.75, 3.05) is 0 Å². The highest BCUT2D eigenvalue weighted by Gasteiger charge is 1.90. The number of rotatable bonds is 0. The minimum Gasteiger partial charge on any atom is -0.197 e. The van der Waals surface area contributed by atoms with Crippen molar-refractivity contribution in [2.24, 2.45) is 0 Å². The third-order valence-electron chi connectivity index (χ3n) is 0.959. The number of nitrogens with zero attached hydrogens (tertiary/aromatic N) is 2. The number of aromatic nitrogens is 3. The van der Waals surface area contributed by atoms with Crippen LogP contribution >= 0.6 is 0 Å². The van der Waals surface area contributed by atoms with Crippen LogP contribution in [0.3, 0.4) is 0 Å². The zero-order chi connectivity index (χ0) is 5.28. The lowest BCUT2D eigenvalue weighted by Gasteiger charge is -1.74. The summed E-state index contributed by atoms with van der Waals surface area (Å²) in [5, 5.41) is 10.1.